The van der Waals surface area contributed by atoms with E-state index in [4.69, 9.17) is 0 Å². The van der Waals surface area contributed by atoms with E-state index in [0.717, 1.165) is 12.1 Å². The van der Waals surface area contributed by atoms with Crippen LogP contribution in [0.1, 0.15) is 20.7 Å². The minimum absolute atomic E-state index is 0.270. The molecule has 0 aliphatic carbocycles. The van der Waals surface area contributed by atoms with Crippen molar-refractivity contribution in [3.63, 3.8) is 0 Å². The highest BCUT2D eigenvalue weighted by molar-refractivity contribution is 8.00. The monoisotopic (exact) mass is 358 g/mol. The molecule has 0 unspecified atom stereocenters. The third-order valence-electron chi connectivity index (χ3n) is 2.77. The molecule has 2 aromatic rings. The molecule has 0 radical (unpaired) electrons. The molecule has 0 aliphatic heterocycles. The van der Waals surface area contributed by atoms with Crippen molar-refractivity contribution >= 4 is 23.6 Å². The average molecular weight is 358 g/mol. The fourth-order valence-electron chi connectivity index (χ4n) is 1.76. The Hall–Kier alpha value is -2.55. The first-order chi connectivity index (χ1) is 11.3. The number of nitrogens with one attached hydrogen (secondary N) is 2. The van der Waals surface area contributed by atoms with Crippen LogP contribution in [0, 0.1) is 5.82 Å². The van der Waals surface area contributed by atoms with Gasteiger partial charge in [0.05, 0.1) is 11.1 Å². The number of carbonyl (C=O) groups excluding carboxylic acids is 2. The zero-order valence-corrected chi connectivity index (χ0v) is 12.7. The van der Waals surface area contributed by atoms with Gasteiger partial charge in [0.2, 0.25) is 0 Å². The molecule has 4 nitrogen and oxygen atoms in total. The van der Waals surface area contributed by atoms with Crippen LogP contribution in [0.4, 0.5) is 17.6 Å². The van der Waals surface area contributed by atoms with E-state index in [1.807, 2.05) is 10.9 Å². The predicted octanol–water partition coefficient (Wildman–Crippen LogP) is 3.51. The summed E-state index contributed by atoms with van der Waals surface area (Å²) < 4.78 is 50.9. The number of halogens is 4. The summed E-state index contributed by atoms with van der Waals surface area (Å²) in [7, 11) is 0. The summed E-state index contributed by atoms with van der Waals surface area (Å²) in [6, 6.07) is 10.1. The van der Waals surface area contributed by atoms with Gasteiger partial charge in [-0.25, -0.2) is 4.39 Å². The van der Waals surface area contributed by atoms with E-state index >= 15 is 0 Å². The van der Waals surface area contributed by atoms with Gasteiger partial charge in [-0.3, -0.25) is 20.4 Å². The number of alkyl halides is 3. The number of amides is 2. The van der Waals surface area contributed by atoms with E-state index in [1.165, 1.54) is 36.4 Å². The van der Waals surface area contributed by atoms with Gasteiger partial charge in [0.25, 0.3) is 11.8 Å². The lowest BCUT2D eigenvalue weighted by Gasteiger charge is -2.12. The Labute approximate surface area is 138 Å². The molecule has 0 aromatic heterocycles. The zero-order valence-electron chi connectivity index (χ0n) is 11.9. The van der Waals surface area contributed by atoms with Gasteiger partial charge in [-0.05, 0) is 36.0 Å². The summed E-state index contributed by atoms with van der Waals surface area (Å²) in [5.41, 5.74) is -1.22. The molecule has 0 saturated heterocycles. The number of benzene rings is 2. The molecule has 2 N–H and O–H groups in total. The normalized spacial score (nSPS) is 11.0. The lowest BCUT2D eigenvalue weighted by Crippen LogP contribution is -2.42. The molecule has 126 valence electrons. The number of hydrogen-bond donors (Lipinski definition) is 2. The number of hydrogen-bond acceptors (Lipinski definition) is 3. The van der Waals surface area contributed by atoms with Crippen molar-refractivity contribution in [1.29, 1.82) is 0 Å². The Bertz CT molecular complexity index is 765. The van der Waals surface area contributed by atoms with Crippen molar-refractivity contribution in [3.05, 3.63) is 65.5 Å². The molecule has 0 atom stereocenters. The highest BCUT2D eigenvalue weighted by Gasteiger charge is 2.31. The van der Waals surface area contributed by atoms with Crippen LogP contribution in [0.5, 0.6) is 0 Å². The first kappa shape index (κ1) is 17.8. The van der Waals surface area contributed by atoms with Crippen molar-refractivity contribution < 1.29 is 27.2 Å². The van der Waals surface area contributed by atoms with Crippen molar-refractivity contribution in [2.45, 2.75) is 10.4 Å². The third kappa shape index (κ3) is 4.72. The SMILES string of the molecule is O=C(NNC(=O)c1ccccc1SC(F)(F)F)c1ccccc1F. The van der Waals surface area contributed by atoms with Crippen LogP contribution < -0.4 is 10.9 Å². The van der Waals surface area contributed by atoms with E-state index in [0.29, 0.717) is 0 Å². The van der Waals surface area contributed by atoms with Gasteiger partial charge in [-0.15, -0.1) is 0 Å². The Morgan fingerprint density at radius 2 is 1.33 bits per heavy atom. The van der Waals surface area contributed by atoms with Gasteiger partial charge >= 0.3 is 5.51 Å². The smallest absolute Gasteiger partial charge is 0.267 e. The summed E-state index contributed by atoms with van der Waals surface area (Å²) in [6.07, 6.45) is 0. The summed E-state index contributed by atoms with van der Waals surface area (Å²) in [6.45, 7) is 0. The van der Waals surface area contributed by atoms with E-state index in [-0.39, 0.29) is 16.0 Å². The maximum atomic E-state index is 13.4. The van der Waals surface area contributed by atoms with Crippen molar-refractivity contribution in [3.8, 4) is 0 Å². The third-order valence-corrected chi connectivity index (χ3v) is 3.57. The Morgan fingerprint density at radius 1 is 0.833 bits per heavy atom. The fourth-order valence-corrected chi connectivity index (χ4v) is 2.43. The van der Waals surface area contributed by atoms with Gasteiger partial charge in [0.15, 0.2) is 0 Å². The van der Waals surface area contributed by atoms with Crippen molar-refractivity contribution in [1.82, 2.24) is 10.9 Å². The standard InChI is InChI=1S/C15H10F4N2O2S/c16-11-7-3-1-5-9(11)13(22)20-21-14(23)10-6-2-4-8-12(10)24-15(17,18)19/h1-8H,(H,20,22)(H,21,23). The molecule has 0 bridgehead atoms. The average Bonchev–Trinajstić information content (AvgIpc) is 2.51. The lowest BCUT2D eigenvalue weighted by atomic mass is 10.2. The van der Waals surface area contributed by atoms with Gasteiger partial charge in [0.1, 0.15) is 5.82 Å². The van der Waals surface area contributed by atoms with Crippen molar-refractivity contribution in [2.24, 2.45) is 0 Å². The van der Waals surface area contributed by atoms with E-state index in [1.54, 1.807) is 0 Å². The Kier molecular flexibility index (Phi) is 5.45. The second-order valence-electron chi connectivity index (χ2n) is 4.43. The summed E-state index contributed by atoms with van der Waals surface area (Å²) >= 11 is -0.445. The van der Waals surface area contributed by atoms with Crippen LogP contribution in [0.25, 0.3) is 0 Å². The number of rotatable bonds is 3. The topological polar surface area (TPSA) is 58.2 Å². The molecule has 24 heavy (non-hydrogen) atoms. The van der Waals surface area contributed by atoms with Crippen LogP contribution in [-0.4, -0.2) is 17.3 Å². The predicted molar refractivity (Wildman–Crippen MR) is 79.7 cm³/mol. The quantitative estimate of drug-likeness (QED) is 0.502. The molecule has 2 aromatic carbocycles. The molecular formula is C15H10F4N2O2S. The van der Waals surface area contributed by atoms with Gasteiger partial charge in [-0.1, -0.05) is 24.3 Å². The second kappa shape index (κ2) is 7.35. The van der Waals surface area contributed by atoms with Gasteiger partial charge < -0.3 is 0 Å². The first-order valence-corrected chi connectivity index (χ1v) is 7.29. The zero-order chi connectivity index (χ0) is 17.7. The Morgan fingerprint density at radius 3 is 1.92 bits per heavy atom. The number of hydrazine groups is 1. The molecule has 2 rings (SSSR count). The highest BCUT2D eigenvalue weighted by atomic mass is 32.2. The molecule has 0 fully saturated rings. The van der Waals surface area contributed by atoms with Crippen molar-refractivity contribution in [2.75, 3.05) is 0 Å². The number of carbonyl (C=O) groups is 2. The van der Waals surface area contributed by atoms with Crippen LogP contribution in [0.2, 0.25) is 0 Å². The van der Waals surface area contributed by atoms with E-state index in [2.05, 4.69) is 0 Å². The summed E-state index contributed by atoms with van der Waals surface area (Å²) in [5, 5.41) is 0. The van der Waals surface area contributed by atoms with E-state index in [9.17, 15) is 27.2 Å². The molecule has 0 spiro atoms. The lowest BCUT2D eigenvalue weighted by molar-refractivity contribution is -0.0328. The highest BCUT2D eigenvalue weighted by Crippen LogP contribution is 2.38. The van der Waals surface area contributed by atoms with Gasteiger partial charge in [-0.2, -0.15) is 13.2 Å². The molecule has 2 amide bonds. The maximum absolute atomic E-state index is 13.4. The van der Waals surface area contributed by atoms with E-state index < -0.39 is 34.9 Å². The van der Waals surface area contributed by atoms with Crippen LogP contribution in [-0.2, 0) is 0 Å². The molecule has 0 aliphatic rings. The second-order valence-corrected chi connectivity index (χ2v) is 5.54. The first-order valence-electron chi connectivity index (χ1n) is 6.48. The molecular weight excluding hydrogens is 348 g/mol. The van der Waals surface area contributed by atoms with Crippen LogP contribution in [0.15, 0.2) is 53.4 Å². The molecule has 0 heterocycles. The fraction of sp³-hybridized carbons (Fsp3) is 0.0667. The maximum Gasteiger partial charge on any atom is 0.446 e. The molecule has 9 heteroatoms. The van der Waals surface area contributed by atoms with Crippen LogP contribution >= 0.6 is 11.8 Å². The van der Waals surface area contributed by atoms with Crippen LogP contribution in [0.3, 0.4) is 0 Å². The summed E-state index contributed by atoms with van der Waals surface area (Å²) in [5.74, 6) is -2.67. The Balaban J connectivity index is 2.08. The minimum atomic E-state index is -4.56. The largest absolute Gasteiger partial charge is 0.446 e. The summed E-state index contributed by atoms with van der Waals surface area (Å²) in [4.78, 5) is 23.4. The van der Waals surface area contributed by atoms with Gasteiger partial charge in [0, 0.05) is 4.90 Å². The minimum Gasteiger partial charge on any atom is -0.267 e. The molecule has 0 saturated carbocycles. The number of thioether (sulfide) groups is 1.